The Morgan fingerprint density at radius 1 is 1.06 bits per heavy atom. The number of nitrogens with one attached hydrogen (secondary N) is 1. The van der Waals surface area contributed by atoms with Gasteiger partial charge in [0.15, 0.2) is 0 Å². The van der Waals surface area contributed by atoms with Gasteiger partial charge in [-0.2, -0.15) is 0 Å². The highest BCUT2D eigenvalue weighted by Crippen LogP contribution is 2.23. The topological polar surface area (TPSA) is 12.0 Å². The van der Waals surface area contributed by atoms with E-state index in [-0.39, 0.29) is 0 Å². The highest BCUT2D eigenvalue weighted by atomic mass is 14.9. The van der Waals surface area contributed by atoms with Crippen molar-refractivity contribution < 1.29 is 0 Å². The Kier molecular flexibility index (Phi) is 4.00. The molecule has 0 atom stereocenters. The van der Waals surface area contributed by atoms with Gasteiger partial charge in [-0.3, -0.25) is 0 Å². The second kappa shape index (κ2) is 5.49. The third-order valence-corrected chi connectivity index (χ3v) is 3.73. The number of hydrogen-bond acceptors (Lipinski definition) is 1. The summed E-state index contributed by atoms with van der Waals surface area (Å²) in [7, 11) is 0. The molecule has 0 unspecified atom stereocenters. The molecule has 16 heavy (non-hydrogen) atoms. The fourth-order valence-electron chi connectivity index (χ4n) is 2.43. The Morgan fingerprint density at radius 3 is 2.31 bits per heavy atom. The number of rotatable bonds is 3. The van der Waals surface area contributed by atoms with Crippen molar-refractivity contribution in [2.75, 3.05) is 0 Å². The monoisotopic (exact) mass is 217 g/mol. The number of benzene rings is 1. The van der Waals surface area contributed by atoms with Crippen molar-refractivity contribution in [3.63, 3.8) is 0 Å². The molecular weight excluding hydrogens is 194 g/mol. The van der Waals surface area contributed by atoms with Crippen LogP contribution in [0.5, 0.6) is 0 Å². The van der Waals surface area contributed by atoms with Crippen molar-refractivity contribution in [1.29, 1.82) is 0 Å². The average Bonchev–Trinajstić information content (AvgIpc) is 2.30. The molecule has 0 radical (unpaired) electrons. The summed E-state index contributed by atoms with van der Waals surface area (Å²) in [5.74, 6) is 0.942. The zero-order valence-electron chi connectivity index (χ0n) is 10.5. The molecule has 1 nitrogen and oxygen atoms in total. The van der Waals surface area contributed by atoms with Crippen molar-refractivity contribution >= 4 is 0 Å². The van der Waals surface area contributed by atoms with Crippen LogP contribution < -0.4 is 5.32 Å². The molecule has 1 aliphatic rings. The predicted octanol–water partition coefficient (Wildman–Crippen LogP) is 3.66. The molecule has 0 aliphatic heterocycles. The van der Waals surface area contributed by atoms with Gasteiger partial charge < -0.3 is 5.32 Å². The van der Waals surface area contributed by atoms with Gasteiger partial charge in [-0.05, 0) is 44.1 Å². The van der Waals surface area contributed by atoms with Crippen LogP contribution in [-0.4, -0.2) is 6.04 Å². The number of aryl methyl sites for hydroxylation is 1. The van der Waals surface area contributed by atoms with Crippen LogP contribution in [0.1, 0.15) is 43.7 Å². The molecular formula is C15H23N. The van der Waals surface area contributed by atoms with Crippen LogP contribution in [0.25, 0.3) is 0 Å². The first-order chi connectivity index (χ1) is 7.74. The molecule has 1 saturated carbocycles. The largest absolute Gasteiger partial charge is 0.310 e. The molecule has 1 N–H and O–H groups in total. The highest BCUT2D eigenvalue weighted by Gasteiger charge is 2.17. The fourth-order valence-corrected chi connectivity index (χ4v) is 2.43. The van der Waals surface area contributed by atoms with Gasteiger partial charge in [-0.25, -0.2) is 0 Å². The van der Waals surface area contributed by atoms with E-state index in [0.29, 0.717) is 0 Å². The summed E-state index contributed by atoms with van der Waals surface area (Å²) < 4.78 is 0. The van der Waals surface area contributed by atoms with E-state index in [1.165, 1.54) is 36.8 Å². The SMILES string of the molecule is Cc1ccc(CNC2CCC(C)CC2)cc1. The molecule has 0 spiro atoms. The van der Waals surface area contributed by atoms with E-state index in [2.05, 4.69) is 43.4 Å². The van der Waals surface area contributed by atoms with Crippen molar-refractivity contribution in [2.24, 2.45) is 5.92 Å². The molecule has 2 rings (SSSR count). The third kappa shape index (κ3) is 3.34. The molecule has 1 aromatic rings. The van der Waals surface area contributed by atoms with Gasteiger partial charge in [0.2, 0.25) is 0 Å². The van der Waals surface area contributed by atoms with E-state index in [0.717, 1.165) is 18.5 Å². The van der Waals surface area contributed by atoms with E-state index < -0.39 is 0 Å². The Bertz CT molecular complexity index is 307. The quantitative estimate of drug-likeness (QED) is 0.814. The maximum absolute atomic E-state index is 3.68. The number of hydrogen-bond donors (Lipinski definition) is 1. The van der Waals surface area contributed by atoms with E-state index in [1.54, 1.807) is 0 Å². The maximum atomic E-state index is 3.68. The molecule has 0 saturated heterocycles. The van der Waals surface area contributed by atoms with Crippen LogP contribution in [-0.2, 0) is 6.54 Å². The lowest BCUT2D eigenvalue weighted by molar-refractivity contribution is 0.306. The van der Waals surface area contributed by atoms with E-state index in [1.807, 2.05) is 0 Å². The van der Waals surface area contributed by atoms with Gasteiger partial charge >= 0.3 is 0 Å². The Morgan fingerprint density at radius 2 is 1.69 bits per heavy atom. The summed E-state index contributed by atoms with van der Waals surface area (Å²) >= 11 is 0. The van der Waals surface area contributed by atoms with E-state index in [9.17, 15) is 0 Å². The van der Waals surface area contributed by atoms with E-state index in [4.69, 9.17) is 0 Å². The molecule has 1 fully saturated rings. The first-order valence-electron chi connectivity index (χ1n) is 6.53. The minimum Gasteiger partial charge on any atom is -0.310 e. The molecule has 1 heteroatoms. The van der Waals surface area contributed by atoms with Crippen molar-refractivity contribution in [2.45, 2.75) is 52.1 Å². The highest BCUT2D eigenvalue weighted by molar-refractivity contribution is 5.21. The van der Waals surface area contributed by atoms with Crippen LogP contribution in [0.15, 0.2) is 24.3 Å². The van der Waals surface area contributed by atoms with Crippen LogP contribution in [0.4, 0.5) is 0 Å². The summed E-state index contributed by atoms with van der Waals surface area (Å²) in [6.45, 7) is 5.54. The summed E-state index contributed by atoms with van der Waals surface area (Å²) in [6, 6.07) is 9.60. The smallest absolute Gasteiger partial charge is 0.0208 e. The molecule has 0 aromatic heterocycles. The van der Waals surface area contributed by atoms with E-state index >= 15 is 0 Å². The summed E-state index contributed by atoms with van der Waals surface area (Å²) in [5.41, 5.74) is 2.75. The molecule has 1 aromatic carbocycles. The second-order valence-corrected chi connectivity index (χ2v) is 5.32. The minimum absolute atomic E-state index is 0.748. The summed E-state index contributed by atoms with van der Waals surface area (Å²) in [6.07, 6.45) is 5.50. The van der Waals surface area contributed by atoms with Gasteiger partial charge in [0.25, 0.3) is 0 Å². The standard InChI is InChI=1S/C15H23N/c1-12-3-7-14(8-4-12)11-16-15-9-5-13(2)6-10-15/h3-4,7-8,13,15-16H,5-6,9-11H2,1-2H3. The first-order valence-corrected chi connectivity index (χ1v) is 6.53. The second-order valence-electron chi connectivity index (χ2n) is 5.32. The van der Waals surface area contributed by atoms with Crippen LogP contribution in [0, 0.1) is 12.8 Å². The molecule has 0 amide bonds. The van der Waals surface area contributed by atoms with Crippen LogP contribution >= 0.6 is 0 Å². The Hall–Kier alpha value is -0.820. The molecule has 1 aliphatic carbocycles. The van der Waals surface area contributed by atoms with Gasteiger partial charge in [-0.15, -0.1) is 0 Å². The average molecular weight is 217 g/mol. The maximum Gasteiger partial charge on any atom is 0.0208 e. The third-order valence-electron chi connectivity index (χ3n) is 3.73. The van der Waals surface area contributed by atoms with Crippen molar-refractivity contribution in [3.05, 3.63) is 35.4 Å². The van der Waals surface area contributed by atoms with Crippen LogP contribution in [0.2, 0.25) is 0 Å². The summed E-state index contributed by atoms with van der Waals surface area (Å²) in [4.78, 5) is 0. The van der Waals surface area contributed by atoms with Gasteiger partial charge in [0, 0.05) is 12.6 Å². The zero-order chi connectivity index (χ0) is 11.4. The minimum atomic E-state index is 0.748. The van der Waals surface area contributed by atoms with Crippen molar-refractivity contribution in [3.8, 4) is 0 Å². The Labute approximate surface area is 99.3 Å². The van der Waals surface area contributed by atoms with Crippen LogP contribution in [0.3, 0.4) is 0 Å². The molecule has 0 bridgehead atoms. The van der Waals surface area contributed by atoms with Gasteiger partial charge in [0.1, 0.15) is 0 Å². The van der Waals surface area contributed by atoms with Crippen molar-refractivity contribution in [1.82, 2.24) is 5.32 Å². The van der Waals surface area contributed by atoms with Gasteiger partial charge in [-0.1, -0.05) is 36.8 Å². The lowest BCUT2D eigenvalue weighted by Gasteiger charge is -2.27. The fraction of sp³-hybridized carbons (Fsp3) is 0.600. The zero-order valence-corrected chi connectivity index (χ0v) is 10.5. The lowest BCUT2D eigenvalue weighted by Crippen LogP contribution is -2.32. The lowest BCUT2D eigenvalue weighted by atomic mass is 9.87. The Balaban J connectivity index is 1.77. The normalized spacial score (nSPS) is 25.6. The summed E-state index contributed by atoms with van der Waals surface area (Å²) in [5, 5.41) is 3.68. The molecule has 88 valence electrons. The first kappa shape index (κ1) is 11.7. The predicted molar refractivity (Wildman–Crippen MR) is 69.4 cm³/mol. The van der Waals surface area contributed by atoms with Gasteiger partial charge in [0.05, 0.1) is 0 Å². The molecule has 0 heterocycles.